The van der Waals surface area contributed by atoms with E-state index in [1.165, 1.54) is 55.6 Å². The Morgan fingerprint density at radius 3 is 1.43 bits per heavy atom. The third-order valence-corrected chi connectivity index (χ3v) is 10.4. The molecule has 1 heterocycles. The average Bonchev–Trinajstić information content (AvgIpc) is 3.34. The van der Waals surface area contributed by atoms with Crippen LogP contribution in [0.4, 0.5) is 0 Å². The van der Waals surface area contributed by atoms with Gasteiger partial charge in [0.15, 0.2) is 0 Å². The maximum atomic E-state index is 6.53. The molecule has 2 nitrogen and oxygen atoms in total. The molecule has 230 valence electrons. The first kappa shape index (κ1) is 29.7. The minimum atomic E-state index is -0.437. The Balaban J connectivity index is 1.21. The largest absolute Gasteiger partial charge is 0.494 e. The van der Waals surface area contributed by atoms with Crippen LogP contribution < -0.4 is 5.46 Å². The van der Waals surface area contributed by atoms with Crippen molar-refractivity contribution in [1.29, 1.82) is 0 Å². The van der Waals surface area contributed by atoms with E-state index in [4.69, 9.17) is 9.31 Å². The average molecular weight is 611 g/mol. The van der Waals surface area contributed by atoms with Gasteiger partial charge in [-0.15, -0.1) is 0 Å². The van der Waals surface area contributed by atoms with E-state index < -0.39 is 18.3 Å². The zero-order valence-corrected chi connectivity index (χ0v) is 27.6. The lowest BCUT2D eigenvalue weighted by Gasteiger charge is -2.32. The molecule has 0 aromatic heterocycles. The van der Waals surface area contributed by atoms with E-state index in [1.807, 2.05) is 0 Å². The molecule has 0 radical (unpaired) electrons. The summed E-state index contributed by atoms with van der Waals surface area (Å²) in [6.45, 7) is 8.44. The van der Waals surface area contributed by atoms with Crippen molar-refractivity contribution in [3.05, 3.63) is 151 Å². The second kappa shape index (κ2) is 11.5. The minimum absolute atomic E-state index is 0.409. The van der Waals surface area contributed by atoms with Gasteiger partial charge < -0.3 is 9.31 Å². The van der Waals surface area contributed by atoms with Crippen LogP contribution in [0.3, 0.4) is 0 Å². The van der Waals surface area contributed by atoms with Gasteiger partial charge in [-0.1, -0.05) is 127 Å². The fourth-order valence-electron chi connectivity index (χ4n) is 7.22. The molecule has 47 heavy (non-hydrogen) atoms. The van der Waals surface area contributed by atoms with Gasteiger partial charge in [-0.05, 0) is 125 Å². The first-order valence-corrected chi connectivity index (χ1v) is 16.7. The first-order chi connectivity index (χ1) is 22.8. The summed E-state index contributed by atoms with van der Waals surface area (Å²) in [6, 6.07) is 50.7. The van der Waals surface area contributed by atoms with Crippen LogP contribution in [0.15, 0.2) is 140 Å². The Morgan fingerprint density at radius 1 is 0.404 bits per heavy atom. The molecule has 1 saturated heterocycles. The highest BCUT2D eigenvalue weighted by atomic mass is 16.7. The molecule has 0 saturated carbocycles. The Hall–Kier alpha value is -4.70. The van der Waals surface area contributed by atoms with Crippen molar-refractivity contribution in [3.63, 3.8) is 0 Å². The number of benzene rings is 6. The second-order valence-corrected chi connectivity index (χ2v) is 13.9. The van der Waals surface area contributed by atoms with Crippen LogP contribution in [0.25, 0.3) is 55.6 Å². The zero-order chi connectivity index (χ0) is 32.2. The molecular weight excluding hydrogens is 571 g/mol. The lowest BCUT2D eigenvalue weighted by molar-refractivity contribution is 0.00578. The van der Waals surface area contributed by atoms with Crippen LogP contribution in [-0.2, 0) is 22.2 Å². The van der Waals surface area contributed by atoms with Gasteiger partial charge in [0.2, 0.25) is 0 Å². The summed E-state index contributed by atoms with van der Waals surface area (Å²) in [6.07, 6.45) is 2.04. The summed E-state index contributed by atoms with van der Waals surface area (Å²) in [5.41, 5.74) is 15.6. The fourth-order valence-corrected chi connectivity index (χ4v) is 7.22. The van der Waals surface area contributed by atoms with Gasteiger partial charge >= 0.3 is 7.12 Å². The fraction of sp³-hybridized carbons (Fsp3) is 0.182. The molecule has 0 bridgehead atoms. The number of hydrogen-bond acceptors (Lipinski definition) is 2. The van der Waals surface area contributed by atoms with Gasteiger partial charge in [-0.2, -0.15) is 0 Å². The van der Waals surface area contributed by atoms with Crippen molar-refractivity contribution in [1.82, 2.24) is 0 Å². The molecule has 0 atom stereocenters. The minimum Gasteiger partial charge on any atom is -0.399 e. The summed E-state index contributed by atoms with van der Waals surface area (Å²) in [7, 11) is -0.437. The summed E-state index contributed by atoms with van der Waals surface area (Å²) in [5.74, 6) is 0. The third kappa shape index (κ3) is 5.34. The van der Waals surface area contributed by atoms with Gasteiger partial charge in [-0.3, -0.25) is 0 Å². The predicted octanol–water partition coefficient (Wildman–Crippen LogP) is 10.4. The predicted molar refractivity (Wildman–Crippen MR) is 197 cm³/mol. The first-order valence-electron chi connectivity index (χ1n) is 16.7. The highest BCUT2D eigenvalue weighted by Crippen LogP contribution is 2.43. The SMILES string of the molecule is CC1(C)OB(c2cc(-c3ccccc3)cc(-c3cccc(-c4cccc5c4CCc4c(-c6ccccc6)cccc4-5)c3)c2)OC1(C)C. The third-order valence-electron chi connectivity index (χ3n) is 10.4. The number of hydrogen-bond donors (Lipinski definition) is 0. The Kier molecular flexibility index (Phi) is 7.28. The normalized spacial score (nSPS) is 16.0. The van der Waals surface area contributed by atoms with Crippen LogP contribution in [0.5, 0.6) is 0 Å². The van der Waals surface area contributed by atoms with E-state index in [1.54, 1.807) is 0 Å². The van der Waals surface area contributed by atoms with Gasteiger partial charge in [0.05, 0.1) is 11.2 Å². The van der Waals surface area contributed by atoms with E-state index in [2.05, 4.69) is 167 Å². The molecule has 1 fully saturated rings. The molecule has 0 spiro atoms. The highest BCUT2D eigenvalue weighted by Gasteiger charge is 2.51. The Morgan fingerprint density at radius 2 is 0.830 bits per heavy atom. The van der Waals surface area contributed by atoms with Crippen molar-refractivity contribution < 1.29 is 9.31 Å². The molecular formula is C44H39BO2. The number of rotatable bonds is 5. The molecule has 6 aromatic carbocycles. The van der Waals surface area contributed by atoms with Crippen LogP contribution in [0.2, 0.25) is 0 Å². The Labute approximate surface area is 279 Å². The lowest BCUT2D eigenvalue weighted by atomic mass is 9.76. The standard InChI is InChI=1S/C44H39BO2/c1-43(2)44(3,4)47-45(46-43)36-28-34(30-14-7-5-8-15-30)27-35(29-36)32-18-11-19-33(26-32)38-21-13-23-40-39-22-12-20-37(31-16-9-6-10-17-31)41(39)24-25-42(38)40/h5-23,26-29H,24-25H2,1-4H3. The molecule has 8 rings (SSSR count). The second-order valence-electron chi connectivity index (χ2n) is 13.9. The maximum absolute atomic E-state index is 6.53. The molecule has 1 aliphatic heterocycles. The molecule has 0 amide bonds. The van der Waals surface area contributed by atoms with E-state index in [0.29, 0.717) is 0 Å². The molecule has 6 aromatic rings. The van der Waals surface area contributed by atoms with Gasteiger partial charge in [0, 0.05) is 0 Å². The smallest absolute Gasteiger partial charge is 0.399 e. The van der Waals surface area contributed by atoms with Crippen molar-refractivity contribution in [2.24, 2.45) is 0 Å². The number of fused-ring (bicyclic) bond motifs is 3. The van der Waals surface area contributed by atoms with Gasteiger partial charge in [0.1, 0.15) is 0 Å². The zero-order valence-electron chi connectivity index (χ0n) is 27.6. The summed E-state index contributed by atoms with van der Waals surface area (Å²) in [4.78, 5) is 0. The summed E-state index contributed by atoms with van der Waals surface area (Å²) in [5, 5.41) is 0. The van der Waals surface area contributed by atoms with E-state index in [0.717, 1.165) is 29.4 Å². The van der Waals surface area contributed by atoms with Gasteiger partial charge in [-0.25, -0.2) is 0 Å². The van der Waals surface area contributed by atoms with E-state index in [9.17, 15) is 0 Å². The van der Waals surface area contributed by atoms with Crippen molar-refractivity contribution in [2.75, 3.05) is 0 Å². The van der Waals surface area contributed by atoms with Crippen LogP contribution in [-0.4, -0.2) is 18.3 Å². The lowest BCUT2D eigenvalue weighted by Crippen LogP contribution is -2.41. The monoisotopic (exact) mass is 610 g/mol. The van der Waals surface area contributed by atoms with E-state index >= 15 is 0 Å². The van der Waals surface area contributed by atoms with Crippen molar-refractivity contribution in [3.8, 4) is 55.6 Å². The van der Waals surface area contributed by atoms with Gasteiger partial charge in [0.25, 0.3) is 0 Å². The molecule has 0 unspecified atom stereocenters. The molecule has 1 aliphatic carbocycles. The Bertz CT molecular complexity index is 2080. The van der Waals surface area contributed by atoms with E-state index in [-0.39, 0.29) is 0 Å². The summed E-state index contributed by atoms with van der Waals surface area (Å²) >= 11 is 0. The maximum Gasteiger partial charge on any atom is 0.494 e. The molecule has 2 aliphatic rings. The van der Waals surface area contributed by atoms with Crippen LogP contribution in [0, 0.1) is 0 Å². The molecule has 0 N–H and O–H groups in total. The van der Waals surface area contributed by atoms with Crippen LogP contribution >= 0.6 is 0 Å². The topological polar surface area (TPSA) is 18.5 Å². The summed E-state index contributed by atoms with van der Waals surface area (Å²) < 4.78 is 13.1. The quantitative estimate of drug-likeness (QED) is 0.181. The molecule has 3 heteroatoms. The van der Waals surface area contributed by atoms with Crippen molar-refractivity contribution in [2.45, 2.75) is 51.7 Å². The highest BCUT2D eigenvalue weighted by molar-refractivity contribution is 6.62. The van der Waals surface area contributed by atoms with Crippen LogP contribution in [0.1, 0.15) is 38.8 Å². The van der Waals surface area contributed by atoms with Crippen molar-refractivity contribution >= 4 is 12.6 Å².